The Hall–Kier alpha value is -2.28. The van der Waals surface area contributed by atoms with E-state index in [0.29, 0.717) is 22.6 Å². The predicted molar refractivity (Wildman–Crippen MR) is 115 cm³/mol. The minimum Gasteiger partial charge on any atom is -0.508 e. The number of hydrogen-bond donors (Lipinski definition) is 2. The predicted octanol–water partition coefficient (Wildman–Crippen LogP) is 5.60. The summed E-state index contributed by atoms with van der Waals surface area (Å²) in [6.45, 7) is 12.1. The van der Waals surface area contributed by atoms with Crippen LogP contribution < -0.4 is 4.74 Å². The van der Waals surface area contributed by atoms with E-state index >= 15 is 0 Å². The molecule has 0 aromatic heterocycles. The number of phenolic OH excluding ortho intramolecular Hbond substituents is 2. The van der Waals surface area contributed by atoms with E-state index in [1.165, 1.54) is 0 Å². The first-order valence-electron chi connectivity index (χ1n) is 10.9. The summed E-state index contributed by atoms with van der Waals surface area (Å²) in [4.78, 5) is 0. The quantitative estimate of drug-likeness (QED) is 0.618. The molecule has 3 aliphatic heterocycles. The van der Waals surface area contributed by atoms with Crippen molar-refractivity contribution in [1.29, 1.82) is 0 Å². The molecule has 0 aliphatic carbocycles. The zero-order chi connectivity index (χ0) is 22.4. The molecule has 0 spiro atoms. The maximum Gasteiger partial charge on any atom is 0.187 e. The summed E-state index contributed by atoms with van der Waals surface area (Å²) >= 11 is 0. The van der Waals surface area contributed by atoms with Gasteiger partial charge in [-0.1, -0.05) is 13.8 Å². The van der Waals surface area contributed by atoms with Gasteiger partial charge < -0.3 is 29.2 Å². The van der Waals surface area contributed by atoms with E-state index in [2.05, 4.69) is 13.8 Å². The largest absolute Gasteiger partial charge is 0.508 e. The fourth-order valence-corrected chi connectivity index (χ4v) is 5.58. The smallest absolute Gasteiger partial charge is 0.187 e. The molecule has 6 atom stereocenters. The number of methoxy groups -OCH3 is 1. The molecule has 0 saturated heterocycles. The molecule has 0 saturated carbocycles. The molecule has 0 fully saturated rings. The van der Waals surface area contributed by atoms with Gasteiger partial charge in [-0.2, -0.15) is 0 Å². The van der Waals surface area contributed by atoms with E-state index in [0.717, 1.165) is 27.8 Å². The average molecular weight is 427 g/mol. The third-order valence-corrected chi connectivity index (χ3v) is 7.60. The van der Waals surface area contributed by atoms with Gasteiger partial charge in [0.2, 0.25) is 0 Å². The second-order valence-electron chi connectivity index (χ2n) is 9.20. The lowest BCUT2D eigenvalue weighted by Gasteiger charge is -2.43. The summed E-state index contributed by atoms with van der Waals surface area (Å²) in [5, 5.41) is 22.2. The van der Waals surface area contributed by atoms with Crippen molar-refractivity contribution in [3.63, 3.8) is 0 Å². The van der Waals surface area contributed by atoms with Crippen molar-refractivity contribution < 1.29 is 29.2 Å². The second-order valence-corrected chi connectivity index (χ2v) is 9.20. The van der Waals surface area contributed by atoms with Gasteiger partial charge in [0.1, 0.15) is 29.1 Å². The van der Waals surface area contributed by atoms with E-state index in [9.17, 15) is 10.2 Å². The fraction of sp³-hybridized carbons (Fsp3) is 0.520. The van der Waals surface area contributed by atoms with Crippen LogP contribution in [0.25, 0.3) is 0 Å². The molecule has 5 rings (SSSR count). The zero-order valence-electron chi connectivity index (χ0n) is 19.1. The molecule has 1 unspecified atom stereocenters. The molecule has 0 radical (unpaired) electrons. The van der Waals surface area contributed by atoms with Gasteiger partial charge in [-0.15, -0.1) is 0 Å². The first kappa shape index (κ1) is 20.6. The van der Waals surface area contributed by atoms with Gasteiger partial charge >= 0.3 is 0 Å². The van der Waals surface area contributed by atoms with Crippen LogP contribution in [0.4, 0.5) is 0 Å². The minimum absolute atomic E-state index is 0.0517. The topological polar surface area (TPSA) is 77.4 Å². The highest BCUT2D eigenvalue weighted by atomic mass is 16.7. The van der Waals surface area contributed by atoms with Crippen molar-refractivity contribution >= 4 is 0 Å². The van der Waals surface area contributed by atoms with Gasteiger partial charge in [0.15, 0.2) is 6.29 Å². The Morgan fingerprint density at radius 2 is 1.42 bits per heavy atom. The van der Waals surface area contributed by atoms with Crippen LogP contribution in [0.1, 0.15) is 90.9 Å². The van der Waals surface area contributed by atoms with Crippen LogP contribution in [0, 0.1) is 13.8 Å². The molecule has 31 heavy (non-hydrogen) atoms. The maximum absolute atomic E-state index is 11.6. The van der Waals surface area contributed by atoms with Crippen LogP contribution in [0.3, 0.4) is 0 Å². The Morgan fingerprint density at radius 3 is 2.06 bits per heavy atom. The minimum atomic E-state index is -0.660. The Labute approximate surface area is 182 Å². The normalized spacial score (nSPS) is 30.8. The van der Waals surface area contributed by atoms with Gasteiger partial charge in [0.05, 0.1) is 23.3 Å². The maximum atomic E-state index is 11.6. The summed E-state index contributed by atoms with van der Waals surface area (Å²) in [5.74, 6) is 1.64. The highest BCUT2D eigenvalue weighted by Gasteiger charge is 2.46. The molecular weight excluding hydrogens is 396 g/mol. The lowest BCUT2D eigenvalue weighted by Crippen LogP contribution is -2.33. The van der Waals surface area contributed by atoms with E-state index < -0.39 is 12.4 Å². The number of ether oxygens (including phenoxy) is 4. The van der Waals surface area contributed by atoms with Gasteiger partial charge in [0.25, 0.3) is 0 Å². The van der Waals surface area contributed by atoms with Gasteiger partial charge in [-0.25, -0.2) is 0 Å². The Kier molecular flexibility index (Phi) is 4.56. The summed E-state index contributed by atoms with van der Waals surface area (Å²) in [7, 11) is 1.59. The molecule has 6 nitrogen and oxygen atoms in total. The van der Waals surface area contributed by atoms with Gasteiger partial charge in [-0.3, -0.25) is 0 Å². The Morgan fingerprint density at radius 1 is 0.806 bits per heavy atom. The number of phenols is 2. The number of rotatable bonds is 1. The number of hydrogen-bond acceptors (Lipinski definition) is 6. The number of aromatic hydroxyl groups is 2. The molecule has 0 amide bonds. The summed E-state index contributed by atoms with van der Waals surface area (Å²) in [6.07, 6.45) is -1.32. The summed E-state index contributed by atoms with van der Waals surface area (Å²) in [6, 6.07) is 1.67. The molecule has 0 bridgehead atoms. The number of benzene rings is 2. The third-order valence-electron chi connectivity index (χ3n) is 7.60. The van der Waals surface area contributed by atoms with Crippen LogP contribution in [-0.2, 0) is 14.2 Å². The second kappa shape index (κ2) is 6.86. The molecule has 3 aliphatic rings. The average Bonchev–Trinajstić information content (AvgIpc) is 2.73. The molecule has 2 aromatic carbocycles. The number of fused-ring (bicyclic) bond motifs is 3. The molecular formula is C25H30O6. The molecule has 166 valence electrons. The van der Waals surface area contributed by atoms with Gasteiger partial charge in [0, 0.05) is 30.6 Å². The highest BCUT2D eigenvalue weighted by molar-refractivity contribution is 5.69. The van der Waals surface area contributed by atoms with Crippen molar-refractivity contribution in [3.05, 3.63) is 45.0 Å². The third kappa shape index (κ3) is 2.62. The van der Waals surface area contributed by atoms with Crippen molar-refractivity contribution in [1.82, 2.24) is 0 Å². The molecule has 3 heterocycles. The van der Waals surface area contributed by atoms with Crippen LogP contribution in [0.2, 0.25) is 0 Å². The molecule has 2 aromatic rings. The monoisotopic (exact) mass is 426 g/mol. The van der Waals surface area contributed by atoms with Crippen molar-refractivity contribution in [2.24, 2.45) is 0 Å². The van der Waals surface area contributed by atoms with Gasteiger partial charge in [-0.05, 0) is 49.9 Å². The lowest BCUT2D eigenvalue weighted by atomic mass is 9.77. The molecule has 6 heteroatoms. The van der Waals surface area contributed by atoms with Crippen LogP contribution in [-0.4, -0.2) is 29.5 Å². The van der Waals surface area contributed by atoms with E-state index in [4.69, 9.17) is 18.9 Å². The summed E-state index contributed by atoms with van der Waals surface area (Å²) in [5.41, 5.74) is 5.93. The zero-order valence-corrected chi connectivity index (χ0v) is 19.1. The van der Waals surface area contributed by atoms with Crippen molar-refractivity contribution in [3.8, 4) is 23.0 Å². The van der Waals surface area contributed by atoms with Crippen LogP contribution in [0.15, 0.2) is 6.07 Å². The van der Waals surface area contributed by atoms with Crippen LogP contribution >= 0.6 is 0 Å². The SMILES string of the molecule is COC1O[C@H](C)[C@@H](C)c2c(C)c3c(c(O)c21)[C@@H]1O[C@H](C)[C@@H](C)c2c(C)c(O)cc(c21)O3. The fourth-order valence-electron chi connectivity index (χ4n) is 5.58. The summed E-state index contributed by atoms with van der Waals surface area (Å²) < 4.78 is 24.5. The first-order valence-corrected chi connectivity index (χ1v) is 10.9. The van der Waals surface area contributed by atoms with Crippen molar-refractivity contribution in [2.45, 2.75) is 78.0 Å². The van der Waals surface area contributed by atoms with E-state index in [-0.39, 0.29) is 35.5 Å². The van der Waals surface area contributed by atoms with Crippen LogP contribution in [0.5, 0.6) is 23.0 Å². The van der Waals surface area contributed by atoms with Crippen molar-refractivity contribution in [2.75, 3.05) is 7.11 Å². The molecule has 2 N–H and O–H groups in total. The van der Waals surface area contributed by atoms with E-state index in [1.54, 1.807) is 13.2 Å². The highest BCUT2D eigenvalue weighted by Crippen LogP contribution is 2.60. The Bertz CT molecular complexity index is 1090. The lowest BCUT2D eigenvalue weighted by molar-refractivity contribution is -0.170. The first-order chi connectivity index (χ1) is 14.7. The van der Waals surface area contributed by atoms with E-state index in [1.807, 2.05) is 27.7 Å². The standard InChI is InChI=1S/C25H30O6/c1-9-13(5)29-24-19-16(8-15(26)11(3)17(9)19)31-23-12(4)18-10(2)14(6)30-25(28-7)20(18)22(27)21(23)24/h8-10,13-14,24-27H,1-7H3/t9-,10-,13-,14-,24-,25?/m1/s1. The Balaban J connectivity index is 1.83.